The van der Waals surface area contributed by atoms with Crippen LogP contribution in [0.3, 0.4) is 0 Å². The molecule has 170 valence electrons. The molecule has 0 spiro atoms. The van der Waals surface area contributed by atoms with E-state index in [1.807, 2.05) is 59.5 Å². The van der Waals surface area contributed by atoms with Gasteiger partial charge in [0.05, 0.1) is 6.10 Å². The van der Waals surface area contributed by atoms with Gasteiger partial charge in [0.15, 0.2) is 0 Å². The Morgan fingerprint density at radius 3 is 2.27 bits per heavy atom. The van der Waals surface area contributed by atoms with Crippen LogP contribution in [0, 0.1) is 0 Å². The number of anilines is 1. The number of hydrogen-bond donors (Lipinski definition) is 1. The minimum Gasteiger partial charge on any atom is -0.391 e. The Labute approximate surface area is 196 Å². The minimum atomic E-state index is -0.499. The van der Waals surface area contributed by atoms with Crippen LogP contribution in [-0.4, -0.2) is 48.2 Å². The van der Waals surface area contributed by atoms with Gasteiger partial charge in [-0.15, -0.1) is 0 Å². The molecule has 4 heteroatoms. The number of para-hydroxylation sites is 1. The number of fused-ring (bicyclic) bond motifs is 1. The second-order valence-electron chi connectivity index (χ2n) is 8.57. The summed E-state index contributed by atoms with van der Waals surface area (Å²) in [5, 5.41) is 10.8. The maximum atomic E-state index is 13.0. The van der Waals surface area contributed by atoms with Crippen LogP contribution in [0.15, 0.2) is 91.0 Å². The number of aliphatic hydroxyl groups excluding tert-OH is 1. The quantitative estimate of drug-likeness (QED) is 0.585. The van der Waals surface area contributed by atoms with Crippen molar-refractivity contribution >= 4 is 17.7 Å². The van der Waals surface area contributed by atoms with Crippen molar-refractivity contribution in [3.05, 3.63) is 108 Å². The SMILES string of the molecule is O=C1CCN(CC(O)Cc2ccccc2)c2ccccc2CCN1C/C=C/c1ccccc1. The Hall–Kier alpha value is -3.37. The third-order valence-electron chi connectivity index (χ3n) is 6.11. The molecule has 1 heterocycles. The van der Waals surface area contributed by atoms with Crippen LogP contribution in [-0.2, 0) is 17.6 Å². The van der Waals surface area contributed by atoms with Crippen molar-refractivity contribution in [3.8, 4) is 0 Å². The van der Waals surface area contributed by atoms with Gasteiger partial charge in [-0.05, 0) is 29.2 Å². The third-order valence-corrected chi connectivity index (χ3v) is 6.11. The zero-order valence-electron chi connectivity index (χ0n) is 19.0. The number of β-amino-alcohol motifs (C(OH)–C–C–N with tert-alkyl or cyclic N) is 1. The highest BCUT2D eigenvalue weighted by Gasteiger charge is 2.21. The Balaban J connectivity index is 1.45. The smallest absolute Gasteiger partial charge is 0.224 e. The van der Waals surface area contributed by atoms with E-state index in [0.29, 0.717) is 39.0 Å². The number of carbonyl (C=O) groups is 1. The normalized spacial score (nSPS) is 15.6. The summed E-state index contributed by atoms with van der Waals surface area (Å²) in [6, 6.07) is 28.6. The maximum Gasteiger partial charge on any atom is 0.224 e. The highest BCUT2D eigenvalue weighted by molar-refractivity contribution is 5.77. The Morgan fingerprint density at radius 2 is 1.48 bits per heavy atom. The molecule has 0 aromatic heterocycles. The summed E-state index contributed by atoms with van der Waals surface area (Å²) in [6.45, 7) is 2.40. The Kier molecular flexibility index (Phi) is 7.94. The van der Waals surface area contributed by atoms with E-state index < -0.39 is 6.10 Å². The molecule has 0 aliphatic carbocycles. The second kappa shape index (κ2) is 11.5. The van der Waals surface area contributed by atoms with Gasteiger partial charge in [-0.2, -0.15) is 0 Å². The number of benzene rings is 3. The summed E-state index contributed by atoms with van der Waals surface area (Å²) >= 11 is 0. The van der Waals surface area contributed by atoms with Crippen LogP contribution in [0.1, 0.15) is 23.1 Å². The average molecular weight is 441 g/mol. The lowest BCUT2D eigenvalue weighted by Gasteiger charge is -2.28. The zero-order valence-corrected chi connectivity index (χ0v) is 19.0. The molecule has 0 fully saturated rings. The summed E-state index contributed by atoms with van der Waals surface area (Å²) in [5.74, 6) is 0.156. The lowest BCUT2D eigenvalue weighted by atomic mass is 10.1. The fourth-order valence-electron chi connectivity index (χ4n) is 4.39. The van der Waals surface area contributed by atoms with Gasteiger partial charge in [0.2, 0.25) is 5.91 Å². The molecule has 0 saturated carbocycles. The lowest BCUT2D eigenvalue weighted by Crippen LogP contribution is -2.37. The fraction of sp³-hybridized carbons (Fsp3) is 0.276. The lowest BCUT2D eigenvalue weighted by molar-refractivity contribution is -0.130. The number of rotatable bonds is 7. The van der Waals surface area contributed by atoms with Crippen molar-refractivity contribution in [2.24, 2.45) is 0 Å². The highest BCUT2D eigenvalue weighted by atomic mass is 16.3. The predicted molar refractivity (Wildman–Crippen MR) is 135 cm³/mol. The van der Waals surface area contributed by atoms with Gasteiger partial charge in [0.1, 0.15) is 0 Å². The van der Waals surface area contributed by atoms with Crippen LogP contribution >= 0.6 is 0 Å². The van der Waals surface area contributed by atoms with Gasteiger partial charge in [0.25, 0.3) is 0 Å². The summed E-state index contributed by atoms with van der Waals surface area (Å²) in [5.41, 5.74) is 4.60. The van der Waals surface area contributed by atoms with Crippen molar-refractivity contribution in [2.45, 2.75) is 25.4 Å². The topological polar surface area (TPSA) is 43.8 Å². The van der Waals surface area contributed by atoms with Crippen molar-refractivity contribution in [3.63, 3.8) is 0 Å². The molecule has 0 saturated heterocycles. The van der Waals surface area contributed by atoms with Crippen LogP contribution in [0.2, 0.25) is 0 Å². The van der Waals surface area contributed by atoms with Gasteiger partial charge in [-0.1, -0.05) is 91.0 Å². The second-order valence-corrected chi connectivity index (χ2v) is 8.57. The van der Waals surface area contributed by atoms with E-state index in [-0.39, 0.29) is 5.91 Å². The summed E-state index contributed by atoms with van der Waals surface area (Å²) in [4.78, 5) is 17.2. The molecule has 4 rings (SSSR count). The van der Waals surface area contributed by atoms with E-state index in [2.05, 4.69) is 47.4 Å². The van der Waals surface area contributed by atoms with E-state index in [1.165, 1.54) is 5.56 Å². The largest absolute Gasteiger partial charge is 0.391 e. The average Bonchev–Trinajstić information content (AvgIpc) is 2.90. The van der Waals surface area contributed by atoms with Gasteiger partial charge >= 0.3 is 0 Å². The first-order valence-corrected chi connectivity index (χ1v) is 11.7. The predicted octanol–water partition coefficient (Wildman–Crippen LogP) is 4.58. The number of amides is 1. The molecule has 1 N–H and O–H groups in total. The molecule has 1 aliphatic heterocycles. The van der Waals surface area contributed by atoms with Crippen molar-refractivity contribution in [2.75, 3.05) is 31.1 Å². The van der Waals surface area contributed by atoms with Crippen molar-refractivity contribution in [1.82, 2.24) is 4.90 Å². The van der Waals surface area contributed by atoms with E-state index in [0.717, 1.165) is 23.2 Å². The molecular formula is C29H32N2O2. The standard InChI is InChI=1S/C29H32N2O2/c32-27(22-25-12-5-2-6-13-25)23-31-21-18-29(33)30(19-9-14-24-10-3-1-4-11-24)20-17-26-15-7-8-16-28(26)31/h1-16,27,32H,17-23H2/b14-9+. The summed E-state index contributed by atoms with van der Waals surface area (Å²) < 4.78 is 0. The first kappa shape index (κ1) is 22.8. The van der Waals surface area contributed by atoms with E-state index in [1.54, 1.807) is 0 Å². The first-order valence-electron chi connectivity index (χ1n) is 11.7. The Morgan fingerprint density at radius 1 is 0.818 bits per heavy atom. The van der Waals surface area contributed by atoms with Gasteiger partial charge < -0.3 is 14.9 Å². The van der Waals surface area contributed by atoms with E-state index in [4.69, 9.17) is 0 Å². The molecule has 0 radical (unpaired) electrons. The van der Waals surface area contributed by atoms with E-state index in [9.17, 15) is 9.90 Å². The molecule has 33 heavy (non-hydrogen) atoms. The third kappa shape index (κ3) is 6.56. The minimum absolute atomic E-state index is 0.156. The van der Waals surface area contributed by atoms with Crippen LogP contribution in [0.4, 0.5) is 5.69 Å². The molecular weight excluding hydrogens is 408 g/mol. The summed E-state index contributed by atoms with van der Waals surface area (Å²) in [6.07, 6.45) is 5.47. The maximum absolute atomic E-state index is 13.0. The number of hydrogen-bond acceptors (Lipinski definition) is 3. The van der Waals surface area contributed by atoms with Gasteiger partial charge in [-0.25, -0.2) is 0 Å². The zero-order chi connectivity index (χ0) is 22.9. The monoisotopic (exact) mass is 440 g/mol. The molecule has 1 amide bonds. The fourth-order valence-corrected chi connectivity index (χ4v) is 4.39. The van der Waals surface area contributed by atoms with Gasteiger partial charge in [0, 0.05) is 44.7 Å². The van der Waals surface area contributed by atoms with Crippen LogP contribution < -0.4 is 4.90 Å². The van der Waals surface area contributed by atoms with Crippen LogP contribution in [0.25, 0.3) is 6.08 Å². The van der Waals surface area contributed by atoms with Crippen molar-refractivity contribution in [1.29, 1.82) is 0 Å². The Bertz CT molecular complexity index is 1050. The van der Waals surface area contributed by atoms with E-state index >= 15 is 0 Å². The summed E-state index contributed by atoms with van der Waals surface area (Å²) in [7, 11) is 0. The highest BCUT2D eigenvalue weighted by Crippen LogP contribution is 2.24. The number of carbonyl (C=O) groups excluding carboxylic acids is 1. The molecule has 1 unspecified atom stereocenters. The molecule has 3 aromatic rings. The number of nitrogens with zero attached hydrogens (tertiary/aromatic N) is 2. The number of aliphatic hydroxyl groups is 1. The van der Waals surface area contributed by atoms with Crippen molar-refractivity contribution < 1.29 is 9.90 Å². The molecule has 4 nitrogen and oxygen atoms in total. The molecule has 1 aliphatic rings. The first-order chi connectivity index (χ1) is 16.2. The molecule has 0 bridgehead atoms. The molecule has 3 aromatic carbocycles. The molecule has 1 atom stereocenters. The van der Waals surface area contributed by atoms with Crippen LogP contribution in [0.5, 0.6) is 0 Å². The van der Waals surface area contributed by atoms with Gasteiger partial charge in [-0.3, -0.25) is 4.79 Å².